The first-order chi connectivity index (χ1) is 14.8. The van der Waals surface area contributed by atoms with Gasteiger partial charge in [-0.1, -0.05) is 57.9 Å². The first kappa shape index (κ1) is 20.9. The number of hydrogen-bond donors (Lipinski definition) is 1. The molecule has 0 saturated carbocycles. The van der Waals surface area contributed by atoms with E-state index in [-0.39, 0.29) is 17.0 Å². The molecule has 1 unspecified atom stereocenters. The normalized spacial score (nSPS) is 17.9. The maximum absolute atomic E-state index is 14.6. The molecule has 0 aromatic heterocycles. The fraction of sp³-hybridized carbons (Fsp3) is 0.0833. The predicted molar refractivity (Wildman–Crippen MR) is 116 cm³/mol. The maximum atomic E-state index is 14.6. The third kappa shape index (κ3) is 3.77. The molecule has 156 valence electrons. The highest BCUT2D eigenvalue weighted by molar-refractivity contribution is 9.10. The van der Waals surface area contributed by atoms with Crippen LogP contribution in [0.15, 0.2) is 76.8 Å². The number of anilines is 1. The lowest BCUT2D eigenvalue weighted by Gasteiger charge is -2.26. The Morgan fingerprint density at radius 1 is 1.00 bits per heavy atom. The van der Waals surface area contributed by atoms with Crippen molar-refractivity contribution in [1.29, 1.82) is 0 Å². The number of carbonyl (C=O) groups excluding carboxylic acids is 2. The molecule has 1 fully saturated rings. The number of nitrogens with zero attached hydrogens (tertiary/aromatic N) is 1. The van der Waals surface area contributed by atoms with Crippen LogP contribution in [0.1, 0.15) is 22.7 Å². The number of benzene rings is 3. The molecule has 0 bridgehead atoms. The number of halogens is 3. The van der Waals surface area contributed by atoms with Gasteiger partial charge in [-0.25, -0.2) is 8.78 Å². The highest BCUT2D eigenvalue weighted by atomic mass is 79.9. The smallest absolute Gasteiger partial charge is 0.300 e. The number of aryl methyl sites for hydroxylation is 1. The summed E-state index contributed by atoms with van der Waals surface area (Å²) in [4.78, 5) is 26.9. The monoisotopic (exact) mass is 483 g/mol. The van der Waals surface area contributed by atoms with Gasteiger partial charge in [-0.15, -0.1) is 0 Å². The van der Waals surface area contributed by atoms with Crippen LogP contribution >= 0.6 is 15.9 Å². The van der Waals surface area contributed by atoms with Crippen LogP contribution in [0.4, 0.5) is 14.5 Å². The van der Waals surface area contributed by atoms with Gasteiger partial charge >= 0.3 is 0 Å². The topological polar surface area (TPSA) is 57.6 Å². The van der Waals surface area contributed by atoms with E-state index in [2.05, 4.69) is 15.9 Å². The van der Waals surface area contributed by atoms with E-state index in [1.54, 1.807) is 42.5 Å². The standard InChI is InChI=1S/C24H16BrF2NO3/c1-13-3-2-4-15(11-13)21-20(22(29)14-5-7-16(25)8-6-14)23(30)24(31)28(21)19-10-9-17(26)12-18(19)27/h2-12,21,29H,1H3/b22-20+. The van der Waals surface area contributed by atoms with Crippen molar-refractivity contribution >= 4 is 39.1 Å². The first-order valence-electron chi connectivity index (χ1n) is 9.36. The molecule has 0 spiro atoms. The van der Waals surface area contributed by atoms with Gasteiger partial charge in [0, 0.05) is 16.1 Å². The van der Waals surface area contributed by atoms with Crippen molar-refractivity contribution in [1.82, 2.24) is 0 Å². The molecule has 1 aliphatic rings. The van der Waals surface area contributed by atoms with Gasteiger partial charge in [0.1, 0.15) is 17.4 Å². The summed E-state index contributed by atoms with van der Waals surface area (Å²) in [5.41, 5.74) is 1.29. The van der Waals surface area contributed by atoms with Crippen LogP contribution in [0.2, 0.25) is 0 Å². The molecule has 0 aliphatic carbocycles. The zero-order chi connectivity index (χ0) is 22.3. The number of carbonyl (C=O) groups is 2. The van der Waals surface area contributed by atoms with Crippen LogP contribution in [0.25, 0.3) is 5.76 Å². The minimum Gasteiger partial charge on any atom is -0.507 e. The maximum Gasteiger partial charge on any atom is 0.300 e. The van der Waals surface area contributed by atoms with Crippen LogP contribution in [0.3, 0.4) is 0 Å². The minimum atomic E-state index is -1.08. The molecule has 1 atom stereocenters. The Balaban J connectivity index is 1.98. The Kier molecular flexibility index (Phi) is 5.45. The van der Waals surface area contributed by atoms with Crippen molar-refractivity contribution in [3.05, 3.63) is 105 Å². The Hall–Kier alpha value is -3.32. The number of aliphatic hydroxyl groups is 1. The van der Waals surface area contributed by atoms with E-state index in [1.807, 2.05) is 13.0 Å². The number of Topliss-reactive ketones (excluding diaryl/α,β-unsaturated/α-hetero) is 1. The molecule has 1 amide bonds. The van der Waals surface area contributed by atoms with Crippen molar-refractivity contribution in [3.63, 3.8) is 0 Å². The molecular weight excluding hydrogens is 468 g/mol. The molecule has 0 radical (unpaired) electrons. The number of rotatable bonds is 3. The average Bonchev–Trinajstić information content (AvgIpc) is 2.99. The van der Waals surface area contributed by atoms with E-state index in [9.17, 15) is 23.5 Å². The number of amides is 1. The lowest BCUT2D eigenvalue weighted by molar-refractivity contribution is -0.132. The summed E-state index contributed by atoms with van der Waals surface area (Å²) >= 11 is 3.31. The van der Waals surface area contributed by atoms with Crippen LogP contribution in [0.5, 0.6) is 0 Å². The molecule has 1 N–H and O–H groups in total. The summed E-state index contributed by atoms with van der Waals surface area (Å²) < 4.78 is 28.9. The quantitative estimate of drug-likeness (QED) is 0.297. The van der Waals surface area contributed by atoms with Crippen molar-refractivity contribution < 1.29 is 23.5 Å². The summed E-state index contributed by atoms with van der Waals surface area (Å²) in [5, 5.41) is 11.0. The molecule has 4 rings (SSSR count). The number of hydrogen-bond acceptors (Lipinski definition) is 3. The fourth-order valence-electron chi connectivity index (χ4n) is 3.68. The van der Waals surface area contributed by atoms with Crippen molar-refractivity contribution in [2.75, 3.05) is 4.90 Å². The number of ketones is 1. The van der Waals surface area contributed by atoms with E-state index in [0.29, 0.717) is 17.2 Å². The molecule has 1 saturated heterocycles. The Labute approximate surface area is 185 Å². The zero-order valence-electron chi connectivity index (χ0n) is 16.3. The largest absolute Gasteiger partial charge is 0.507 e. The van der Waals surface area contributed by atoms with Gasteiger partial charge in [0.25, 0.3) is 11.7 Å². The van der Waals surface area contributed by atoms with Crippen LogP contribution in [-0.2, 0) is 9.59 Å². The average molecular weight is 484 g/mol. The molecule has 3 aromatic carbocycles. The van der Waals surface area contributed by atoms with E-state index >= 15 is 0 Å². The summed E-state index contributed by atoms with van der Waals surface area (Å²) in [6.45, 7) is 1.84. The van der Waals surface area contributed by atoms with E-state index in [4.69, 9.17) is 0 Å². The van der Waals surface area contributed by atoms with Gasteiger partial charge in [-0.05, 0) is 36.8 Å². The van der Waals surface area contributed by atoms with E-state index in [0.717, 1.165) is 27.1 Å². The predicted octanol–water partition coefficient (Wildman–Crippen LogP) is 5.66. The summed E-state index contributed by atoms with van der Waals surface area (Å²) in [5.74, 6) is -4.11. The summed E-state index contributed by atoms with van der Waals surface area (Å²) in [7, 11) is 0. The molecule has 1 heterocycles. The molecule has 7 heteroatoms. The lowest BCUT2D eigenvalue weighted by Crippen LogP contribution is -2.30. The molecule has 31 heavy (non-hydrogen) atoms. The molecule has 3 aromatic rings. The Morgan fingerprint density at radius 2 is 1.71 bits per heavy atom. The number of aliphatic hydroxyl groups excluding tert-OH is 1. The SMILES string of the molecule is Cc1cccc(C2/C(=C(\O)c3ccc(Br)cc3)C(=O)C(=O)N2c2ccc(F)cc2F)c1. The second kappa shape index (κ2) is 8.07. The highest BCUT2D eigenvalue weighted by Crippen LogP contribution is 2.43. The van der Waals surface area contributed by atoms with Gasteiger partial charge in [0.05, 0.1) is 17.3 Å². The highest BCUT2D eigenvalue weighted by Gasteiger charge is 2.47. The van der Waals surface area contributed by atoms with Crippen LogP contribution in [0, 0.1) is 18.6 Å². The Morgan fingerprint density at radius 3 is 2.35 bits per heavy atom. The third-order valence-corrected chi connectivity index (χ3v) is 5.62. The van der Waals surface area contributed by atoms with Gasteiger partial charge in [-0.2, -0.15) is 0 Å². The van der Waals surface area contributed by atoms with Crippen molar-refractivity contribution in [2.24, 2.45) is 0 Å². The van der Waals surface area contributed by atoms with Crippen LogP contribution in [-0.4, -0.2) is 16.8 Å². The van der Waals surface area contributed by atoms with Crippen molar-refractivity contribution in [2.45, 2.75) is 13.0 Å². The third-order valence-electron chi connectivity index (χ3n) is 5.09. The molecular formula is C24H16BrF2NO3. The zero-order valence-corrected chi connectivity index (χ0v) is 17.9. The first-order valence-corrected chi connectivity index (χ1v) is 10.2. The minimum absolute atomic E-state index is 0.165. The Bertz CT molecular complexity index is 1240. The van der Waals surface area contributed by atoms with Gasteiger partial charge in [0.2, 0.25) is 0 Å². The molecule has 1 aliphatic heterocycles. The second-order valence-electron chi connectivity index (χ2n) is 7.19. The van der Waals surface area contributed by atoms with Crippen molar-refractivity contribution in [3.8, 4) is 0 Å². The molecule has 4 nitrogen and oxygen atoms in total. The summed E-state index contributed by atoms with van der Waals surface area (Å²) in [6.07, 6.45) is 0. The van der Waals surface area contributed by atoms with Gasteiger partial charge in [-0.3, -0.25) is 14.5 Å². The van der Waals surface area contributed by atoms with E-state index < -0.39 is 29.4 Å². The lowest BCUT2D eigenvalue weighted by atomic mass is 9.94. The van der Waals surface area contributed by atoms with Crippen LogP contribution < -0.4 is 4.90 Å². The fourth-order valence-corrected chi connectivity index (χ4v) is 3.94. The second-order valence-corrected chi connectivity index (χ2v) is 8.10. The van der Waals surface area contributed by atoms with Gasteiger partial charge < -0.3 is 5.11 Å². The van der Waals surface area contributed by atoms with Gasteiger partial charge in [0.15, 0.2) is 0 Å². The van der Waals surface area contributed by atoms with E-state index in [1.165, 1.54) is 0 Å². The summed E-state index contributed by atoms with van der Waals surface area (Å²) in [6, 6.07) is 15.3.